The van der Waals surface area contributed by atoms with Crippen LogP contribution in [-0.4, -0.2) is 9.78 Å². The van der Waals surface area contributed by atoms with Gasteiger partial charge in [0.2, 0.25) is 0 Å². The molecule has 3 nitrogen and oxygen atoms in total. The summed E-state index contributed by atoms with van der Waals surface area (Å²) in [6.07, 6.45) is 0. The lowest BCUT2D eigenvalue weighted by atomic mass is 10.2. The van der Waals surface area contributed by atoms with Crippen LogP contribution in [-0.2, 0) is 6.54 Å². The molecular formula is C13H15BrFN3. The third-order valence-corrected chi connectivity index (χ3v) is 4.10. The molecule has 0 bridgehead atoms. The highest BCUT2D eigenvalue weighted by Gasteiger charge is 2.16. The Bertz CT molecular complexity index is 605. The van der Waals surface area contributed by atoms with Crippen molar-refractivity contribution < 1.29 is 4.39 Å². The minimum absolute atomic E-state index is 0.300. The number of hydrogen-bond donors (Lipinski definition) is 1. The molecule has 0 aliphatic rings. The Morgan fingerprint density at radius 3 is 2.50 bits per heavy atom. The highest BCUT2D eigenvalue weighted by Crippen LogP contribution is 2.27. The van der Waals surface area contributed by atoms with E-state index in [1.807, 2.05) is 26.8 Å². The van der Waals surface area contributed by atoms with Crippen molar-refractivity contribution in [1.82, 2.24) is 9.78 Å². The SMILES string of the molecule is Cc1nn(-c2ccc(CN)c(Br)c2F)c(C)c1C. The van der Waals surface area contributed by atoms with Crippen LogP contribution in [0.15, 0.2) is 16.6 Å². The van der Waals surface area contributed by atoms with E-state index in [1.165, 1.54) is 0 Å². The first-order valence-corrected chi connectivity index (χ1v) is 6.46. The second kappa shape index (κ2) is 4.82. The van der Waals surface area contributed by atoms with Crippen molar-refractivity contribution in [2.45, 2.75) is 27.3 Å². The van der Waals surface area contributed by atoms with E-state index in [0.29, 0.717) is 16.7 Å². The third-order valence-electron chi connectivity index (χ3n) is 3.24. The topological polar surface area (TPSA) is 43.8 Å². The molecule has 2 rings (SSSR count). The van der Waals surface area contributed by atoms with Crippen molar-refractivity contribution in [3.63, 3.8) is 0 Å². The standard InChI is InChI=1S/C13H15BrFN3/c1-7-8(2)17-18(9(7)3)11-5-4-10(6-16)12(14)13(11)15/h4-5H,6,16H2,1-3H3. The van der Waals surface area contributed by atoms with Gasteiger partial charge < -0.3 is 5.73 Å². The minimum atomic E-state index is -0.330. The molecule has 0 unspecified atom stereocenters. The number of nitrogens with zero attached hydrogens (tertiary/aromatic N) is 2. The summed E-state index contributed by atoms with van der Waals surface area (Å²) >= 11 is 3.24. The summed E-state index contributed by atoms with van der Waals surface area (Å²) in [4.78, 5) is 0. The molecule has 0 saturated carbocycles. The second-order valence-electron chi connectivity index (χ2n) is 4.28. The van der Waals surface area contributed by atoms with Crippen LogP contribution in [0.1, 0.15) is 22.5 Å². The van der Waals surface area contributed by atoms with Gasteiger partial charge in [0.15, 0.2) is 5.82 Å². The van der Waals surface area contributed by atoms with Gasteiger partial charge in [-0.15, -0.1) is 0 Å². The number of rotatable bonds is 2. The molecule has 0 amide bonds. The molecule has 0 saturated heterocycles. The Hall–Kier alpha value is -1.20. The summed E-state index contributed by atoms with van der Waals surface area (Å²) in [5.41, 5.74) is 9.66. The maximum Gasteiger partial charge on any atom is 0.163 e. The van der Waals surface area contributed by atoms with E-state index in [0.717, 1.165) is 22.5 Å². The van der Waals surface area contributed by atoms with Crippen LogP contribution in [0.5, 0.6) is 0 Å². The molecule has 96 valence electrons. The molecule has 0 fully saturated rings. The molecule has 0 aliphatic carbocycles. The van der Waals surface area contributed by atoms with Gasteiger partial charge in [-0.2, -0.15) is 5.10 Å². The van der Waals surface area contributed by atoms with E-state index in [2.05, 4.69) is 21.0 Å². The van der Waals surface area contributed by atoms with E-state index in [1.54, 1.807) is 10.7 Å². The first-order chi connectivity index (χ1) is 8.47. The summed E-state index contributed by atoms with van der Waals surface area (Å²) in [6, 6.07) is 3.52. The number of hydrogen-bond acceptors (Lipinski definition) is 2. The van der Waals surface area contributed by atoms with Gasteiger partial charge in [0.1, 0.15) is 5.69 Å². The predicted molar refractivity (Wildman–Crippen MR) is 73.3 cm³/mol. The van der Waals surface area contributed by atoms with E-state index in [4.69, 9.17) is 5.73 Å². The van der Waals surface area contributed by atoms with Crippen LogP contribution in [0.2, 0.25) is 0 Å². The minimum Gasteiger partial charge on any atom is -0.326 e. The molecular weight excluding hydrogens is 297 g/mol. The van der Waals surface area contributed by atoms with Gasteiger partial charge in [-0.25, -0.2) is 9.07 Å². The molecule has 18 heavy (non-hydrogen) atoms. The maximum atomic E-state index is 14.3. The Labute approximate surface area is 114 Å². The van der Waals surface area contributed by atoms with Gasteiger partial charge in [0.05, 0.1) is 10.2 Å². The molecule has 0 atom stereocenters. The normalized spacial score (nSPS) is 11.0. The maximum absolute atomic E-state index is 14.3. The van der Waals surface area contributed by atoms with Crippen molar-refractivity contribution >= 4 is 15.9 Å². The third kappa shape index (κ3) is 1.97. The van der Waals surface area contributed by atoms with E-state index < -0.39 is 0 Å². The van der Waals surface area contributed by atoms with E-state index in [9.17, 15) is 4.39 Å². The fourth-order valence-corrected chi connectivity index (χ4v) is 2.35. The lowest BCUT2D eigenvalue weighted by molar-refractivity contribution is 0.599. The van der Waals surface area contributed by atoms with Crippen LogP contribution in [0.4, 0.5) is 4.39 Å². The van der Waals surface area contributed by atoms with Gasteiger partial charge in [0, 0.05) is 12.2 Å². The fraction of sp³-hybridized carbons (Fsp3) is 0.308. The van der Waals surface area contributed by atoms with E-state index >= 15 is 0 Å². The number of aromatic nitrogens is 2. The largest absolute Gasteiger partial charge is 0.326 e. The Morgan fingerprint density at radius 1 is 1.33 bits per heavy atom. The Balaban J connectivity index is 2.65. The summed E-state index contributed by atoms with van der Waals surface area (Å²) in [6.45, 7) is 6.13. The van der Waals surface area contributed by atoms with Gasteiger partial charge in [-0.3, -0.25) is 0 Å². The van der Waals surface area contributed by atoms with Gasteiger partial charge in [-0.1, -0.05) is 6.07 Å². The zero-order valence-corrected chi connectivity index (χ0v) is 12.2. The molecule has 1 aromatic carbocycles. The molecule has 5 heteroatoms. The second-order valence-corrected chi connectivity index (χ2v) is 5.08. The van der Waals surface area contributed by atoms with Crippen molar-refractivity contribution in [2.75, 3.05) is 0 Å². The highest BCUT2D eigenvalue weighted by atomic mass is 79.9. The molecule has 1 heterocycles. The molecule has 1 aromatic heterocycles. The lowest BCUT2D eigenvalue weighted by Crippen LogP contribution is -2.06. The lowest BCUT2D eigenvalue weighted by Gasteiger charge is -2.10. The van der Waals surface area contributed by atoms with Crippen molar-refractivity contribution in [1.29, 1.82) is 0 Å². The van der Waals surface area contributed by atoms with Crippen LogP contribution in [0.25, 0.3) is 5.69 Å². The molecule has 0 aliphatic heterocycles. The predicted octanol–water partition coefficient (Wildman–Crippen LogP) is 3.16. The molecule has 0 spiro atoms. The Morgan fingerprint density at radius 2 is 2.00 bits per heavy atom. The zero-order chi connectivity index (χ0) is 13.4. The summed E-state index contributed by atoms with van der Waals surface area (Å²) in [7, 11) is 0. The molecule has 2 aromatic rings. The fourth-order valence-electron chi connectivity index (χ4n) is 1.86. The van der Waals surface area contributed by atoms with E-state index in [-0.39, 0.29) is 5.82 Å². The smallest absolute Gasteiger partial charge is 0.163 e. The Kier molecular flexibility index (Phi) is 3.54. The number of nitrogens with two attached hydrogens (primary N) is 1. The summed E-state index contributed by atoms with van der Waals surface area (Å²) in [5.74, 6) is -0.330. The van der Waals surface area contributed by atoms with Crippen molar-refractivity contribution in [3.05, 3.63) is 44.9 Å². The first kappa shape index (κ1) is 13.2. The van der Waals surface area contributed by atoms with Crippen LogP contribution >= 0.6 is 15.9 Å². The summed E-state index contributed by atoms with van der Waals surface area (Å²) in [5, 5.41) is 4.36. The summed E-state index contributed by atoms with van der Waals surface area (Å²) < 4.78 is 16.3. The quantitative estimate of drug-likeness (QED) is 0.926. The van der Waals surface area contributed by atoms with Crippen molar-refractivity contribution in [2.24, 2.45) is 5.73 Å². The highest BCUT2D eigenvalue weighted by molar-refractivity contribution is 9.10. The number of benzene rings is 1. The van der Waals surface area contributed by atoms with Crippen LogP contribution < -0.4 is 5.73 Å². The average molecular weight is 312 g/mol. The van der Waals surface area contributed by atoms with Crippen LogP contribution in [0.3, 0.4) is 0 Å². The zero-order valence-electron chi connectivity index (χ0n) is 10.6. The first-order valence-electron chi connectivity index (χ1n) is 5.67. The van der Waals surface area contributed by atoms with Crippen LogP contribution in [0, 0.1) is 26.6 Å². The van der Waals surface area contributed by atoms with Gasteiger partial charge in [-0.05, 0) is 53.9 Å². The van der Waals surface area contributed by atoms with Gasteiger partial charge >= 0.3 is 0 Å². The monoisotopic (exact) mass is 311 g/mol. The number of aryl methyl sites for hydroxylation is 1. The van der Waals surface area contributed by atoms with Gasteiger partial charge in [0.25, 0.3) is 0 Å². The average Bonchev–Trinajstić information content (AvgIpc) is 2.60. The van der Waals surface area contributed by atoms with Crippen molar-refractivity contribution in [3.8, 4) is 5.69 Å². The molecule has 2 N–H and O–H groups in total. The molecule has 0 radical (unpaired) electrons. The number of halogens is 2.